The molecule has 1 aromatic heterocycles. The molecule has 4 aromatic carbocycles. The summed E-state index contributed by atoms with van der Waals surface area (Å²) in [6, 6.07) is 35.9. The minimum atomic E-state index is -4.09. The first-order chi connectivity index (χ1) is 30.1. The number of ether oxygens (including phenoxy) is 3. The zero-order valence-corrected chi connectivity index (χ0v) is 38.4. The summed E-state index contributed by atoms with van der Waals surface area (Å²) in [4.78, 5) is 31.2. The van der Waals surface area contributed by atoms with Gasteiger partial charge in [-0.2, -0.15) is 4.98 Å². The Balaban J connectivity index is 1.26. The van der Waals surface area contributed by atoms with Gasteiger partial charge in [-0.15, -0.1) is 0 Å². The van der Waals surface area contributed by atoms with Crippen molar-refractivity contribution < 1.29 is 42.8 Å². The average molecular weight is 901 g/mol. The highest BCUT2D eigenvalue weighted by atomic mass is 32.2. The monoisotopic (exact) mass is 900 g/mol. The molecule has 336 valence electrons. The molecule has 63 heavy (non-hydrogen) atoms. The molecule has 6 rings (SSSR count). The van der Waals surface area contributed by atoms with E-state index in [0.29, 0.717) is 17.9 Å². The lowest BCUT2D eigenvalue weighted by Crippen LogP contribution is -2.46. The normalized spacial score (nSPS) is 20.0. The minimum absolute atomic E-state index is 0.00344. The summed E-state index contributed by atoms with van der Waals surface area (Å²) in [5, 5.41) is 26.7. The van der Waals surface area contributed by atoms with Crippen LogP contribution in [0.1, 0.15) is 62.6 Å². The van der Waals surface area contributed by atoms with Crippen LogP contribution in [-0.2, 0) is 35.2 Å². The van der Waals surface area contributed by atoms with Crippen molar-refractivity contribution in [1.29, 1.82) is 0 Å². The van der Waals surface area contributed by atoms with Crippen LogP contribution in [0.5, 0.6) is 11.5 Å². The van der Waals surface area contributed by atoms with Gasteiger partial charge in [-0.3, -0.25) is 18.4 Å². The molecular formula is C47H57N4O10PS. The van der Waals surface area contributed by atoms with Gasteiger partial charge in [0.15, 0.2) is 11.3 Å². The van der Waals surface area contributed by atoms with E-state index in [4.69, 9.17) is 23.3 Å². The summed E-state index contributed by atoms with van der Waals surface area (Å²) in [6.07, 6.45) is -2.13. The number of nitrogens with zero attached hydrogens (tertiary/aromatic N) is 3. The Labute approximate surface area is 373 Å². The molecule has 0 radical (unpaired) electrons. The van der Waals surface area contributed by atoms with Crippen molar-refractivity contribution in [1.82, 2.24) is 14.2 Å². The van der Waals surface area contributed by atoms with E-state index >= 15 is 0 Å². The number of aliphatic hydroxyl groups excluding tert-OH is 1. The largest absolute Gasteiger partial charge is 0.497 e. The highest BCUT2D eigenvalue weighted by molar-refractivity contribution is 8.13. The van der Waals surface area contributed by atoms with Gasteiger partial charge in [-0.1, -0.05) is 117 Å². The van der Waals surface area contributed by atoms with E-state index < -0.39 is 55.0 Å². The van der Waals surface area contributed by atoms with Crippen LogP contribution in [0.2, 0.25) is 0 Å². The molecule has 0 saturated carbocycles. The van der Waals surface area contributed by atoms with E-state index in [9.17, 15) is 24.4 Å². The number of aromatic nitrogens is 2. The maximum Gasteiger partial charge on any atom is 0.408 e. The molecule has 0 amide bonds. The number of nitrogens with one attached hydrogen (secondary N) is 1. The smallest absolute Gasteiger partial charge is 0.408 e. The number of thioether (sulfide) groups is 1. The van der Waals surface area contributed by atoms with E-state index in [-0.39, 0.29) is 29.8 Å². The topological polar surface area (TPSA) is 171 Å². The van der Waals surface area contributed by atoms with Crippen LogP contribution in [0.25, 0.3) is 0 Å². The summed E-state index contributed by atoms with van der Waals surface area (Å²) in [5.41, 5.74) is -1.05. The highest BCUT2D eigenvalue weighted by Gasteiger charge is 2.54. The third-order valence-electron chi connectivity index (χ3n) is 11.5. The number of carbonyl (C=O) groups excluding carboxylic acids is 1. The second kappa shape index (κ2) is 20.3. The molecule has 1 saturated heterocycles. The Morgan fingerprint density at radius 1 is 0.905 bits per heavy atom. The fourth-order valence-electron chi connectivity index (χ4n) is 7.28. The second-order valence-corrected chi connectivity index (χ2v) is 19.4. The maximum atomic E-state index is 14.5. The van der Waals surface area contributed by atoms with Crippen LogP contribution >= 0.6 is 19.5 Å². The number of hydrogen-bond donors (Lipinski definition) is 3. The molecule has 2 heterocycles. The maximum absolute atomic E-state index is 14.5. The van der Waals surface area contributed by atoms with Gasteiger partial charge >= 0.3 is 13.4 Å². The molecular weight excluding hydrogens is 844 g/mol. The Kier molecular flexibility index (Phi) is 15.4. The number of methoxy groups -OCH3 is 2. The van der Waals surface area contributed by atoms with Crippen molar-refractivity contribution in [2.45, 2.75) is 70.2 Å². The zero-order chi connectivity index (χ0) is 45.4. The molecule has 2 unspecified atom stereocenters. The van der Waals surface area contributed by atoms with E-state index in [1.165, 1.54) is 17.8 Å². The van der Waals surface area contributed by atoms with Gasteiger partial charge in [0.1, 0.15) is 40.7 Å². The van der Waals surface area contributed by atoms with Gasteiger partial charge in [0.2, 0.25) is 0 Å². The molecule has 14 nitrogen and oxygen atoms in total. The van der Waals surface area contributed by atoms with Crippen LogP contribution < -0.4 is 20.5 Å². The van der Waals surface area contributed by atoms with Gasteiger partial charge in [-0.25, -0.2) is 14.0 Å². The third-order valence-corrected chi connectivity index (χ3v) is 14.6. The molecule has 16 heteroatoms. The van der Waals surface area contributed by atoms with E-state index in [1.807, 2.05) is 130 Å². The fraction of sp³-hybridized carbons (Fsp3) is 0.383. The minimum Gasteiger partial charge on any atom is -0.497 e. The molecule has 5 atom stereocenters. The Hall–Kier alpha value is -4.83. The number of benzene rings is 4. The standard InChI is InChI=1S/C47H57N4O10PS/c1-8-45(2,3)43(53)63-30-29-59-62(56,50(5)31-33-15-11-9-12-16-33)60-32-39-41(52)46(4,55)42(61-39)51-28-27-40(48-44(51)54)49-47(34-17-13-10-14-18-34,35-19-23-37(57-6)24-20-35)36-21-25-38(58-7)26-22-36/h9-28,39,41-42,52,55H,8,29-32H2,1-7H3,(H,48,49,54)/t39-,41+,42-,46?,62?/m1/s1. The molecule has 0 spiro atoms. The van der Waals surface area contributed by atoms with Gasteiger partial charge in [0.05, 0.1) is 27.4 Å². The highest BCUT2D eigenvalue weighted by Crippen LogP contribution is 2.53. The predicted octanol–water partition coefficient (Wildman–Crippen LogP) is 7.64. The summed E-state index contributed by atoms with van der Waals surface area (Å²) >= 11 is 1.10. The summed E-state index contributed by atoms with van der Waals surface area (Å²) in [6.45, 7) is 6.71. The first-order valence-corrected chi connectivity index (χ1v) is 23.2. The molecule has 0 bridgehead atoms. The number of carbonyl (C=O) groups is 1. The van der Waals surface area contributed by atoms with E-state index in [0.717, 1.165) is 38.6 Å². The van der Waals surface area contributed by atoms with E-state index in [2.05, 4.69) is 10.3 Å². The van der Waals surface area contributed by atoms with Crippen LogP contribution in [-0.4, -0.2) is 87.6 Å². The lowest BCUT2D eigenvalue weighted by Gasteiger charge is -2.37. The van der Waals surface area contributed by atoms with Crippen LogP contribution in [0.3, 0.4) is 0 Å². The van der Waals surface area contributed by atoms with Crippen molar-refractivity contribution in [2.24, 2.45) is 5.41 Å². The molecule has 1 aliphatic rings. The summed E-state index contributed by atoms with van der Waals surface area (Å²) < 4.78 is 46.0. The van der Waals surface area contributed by atoms with Crippen LogP contribution in [0.4, 0.5) is 5.82 Å². The lowest BCUT2D eigenvalue weighted by atomic mass is 9.77. The Morgan fingerprint density at radius 2 is 1.46 bits per heavy atom. The predicted molar refractivity (Wildman–Crippen MR) is 244 cm³/mol. The van der Waals surface area contributed by atoms with Crippen molar-refractivity contribution in [3.63, 3.8) is 0 Å². The average Bonchev–Trinajstić information content (AvgIpc) is 3.52. The lowest BCUT2D eigenvalue weighted by molar-refractivity contribution is -0.118. The third kappa shape index (κ3) is 10.6. The van der Waals surface area contributed by atoms with Crippen molar-refractivity contribution in [2.75, 3.05) is 45.6 Å². The molecule has 5 aromatic rings. The van der Waals surface area contributed by atoms with Crippen LogP contribution in [0, 0.1) is 5.41 Å². The van der Waals surface area contributed by atoms with E-state index in [1.54, 1.807) is 27.3 Å². The molecule has 0 aliphatic carbocycles. The first-order valence-electron chi connectivity index (χ1n) is 20.7. The van der Waals surface area contributed by atoms with Gasteiger partial charge in [-0.05, 0) is 73.0 Å². The summed E-state index contributed by atoms with van der Waals surface area (Å²) in [7, 11) is 0.701. The Bertz CT molecular complexity index is 2340. The number of rotatable bonds is 20. The zero-order valence-electron chi connectivity index (χ0n) is 36.7. The summed E-state index contributed by atoms with van der Waals surface area (Å²) in [5.74, 6) is 1.78. The first kappa shape index (κ1) is 47.6. The number of aliphatic hydroxyl groups is 2. The quantitative estimate of drug-likeness (QED) is 0.0396. The van der Waals surface area contributed by atoms with Gasteiger partial charge in [0.25, 0.3) is 0 Å². The second-order valence-electron chi connectivity index (χ2n) is 16.2. The molecule has 1 aliphatic heterocycles. The Morgan fingerprint density at radius 3 is 2.00 bits per heavy atom. The van der Waals surface area contributed by atoms with Crippen LogP contribution in [0.15, 0.2) is 126 Å². The number of anilines is 1. The van der Waals surface area contributed by atoms with Crippen molar-refractivity contribution in [3.8, 4) is 11.5 Å². The SMILES string of the molecule is CCC(C)(C)C(=O)SCCOP(=O)(OC[C@H]1O[C@@H](n2ccc(NC(c3ccccc3)(c3ccc(OC)cc3)c3ccc(OC)cc3)nc2=O)C(C)(O)[C@H]1O)N(C)Cc1ccccc1. The van der Waals surface area contributed by atoms with Crippen molar-refractivity contribution in [3.05, 3.63) is 154 Å². The number of hydrogen-bond acceptors (Lipinski definition) is 13. The fourth-order valence-corrected chi connectivity index (χ4v) is 9.75. The van der Waals surface area contributed by atoms with Crippen molar-refractivity contribution >= 4 is 30.4 Å². The van der Waals surface area contributed by atoms with Gasteiger partial charge < -0.3 is 29.7 Å². The van der Waals surface area contributed by atoms with Gasteiger partial charge in [0, 0.05) is 23.9 Å². The molecule has 3 N–H and O–H groups in total. The molecule has 1 fully saturated rings.